The molecule has 0 saturated carbocycles. The predicted molar refractivity (Wildman–Crippen MR) is 210 cm³/mol. The molecule has 0 bridgehead atoms. The summed E-state index contributed by atoms with van der Waals surface area (Å²) >= 11 is 0. The molecule has 2 aromatic rings. The predicted octanol–water partition coefficient (Wildman–Crippen LogP) is 1.38. The third kappa shape index (κ3) is 16.7. The molecule has 0 aromatic carbocycles. The fourth-order valence-corrected chi connectivity index (χ4v) is 7.32. The van der Waals surface area contributed by atoms with Crippen LogP contribution in [-0.2, 0) is 43.4 Å². The van der Waals surface area contributed by atoms with Gasteiger partial charge in [-0.25, -0.2) is 15.0 Å². The minimum Gasteiger partial charge on any atom is -0.481 e. The van der Waals surface area contributed by atoms with Gasteiger partial charge in [0.15, 0.2) is 0 Å². The quantitative estimate of drug-likeness (QED) is 0.104. The van der Waals surface area contributed by atoms with E-state index in [1.54, 1.807) is 34.0 Å². The molecule has 1 amide bonds. The molecule has 6 N–H and O–H groups in total. The molecule has 2 aromatic heterocycles. The van der Waals surface area contributed by atoms with E-state index in [0.29, 0.717) is 58.2 Å². The third-order valence-electron chi connectivity index (χ3n) is 10.4. The van der Waals surface area contributed by atoms with Gasteiger partial charge in [-0.1, -0.05) is 19.3 Å². The van der Waals surface area contributed by atoms with Gasteiger partial charge in [-0.05, 0) is 67.7 Å². The van der Waals surface area contributed by atoms with Crippen molar-refractivity contribution in [3.8, 4) is 0 Å². The first kappa shape index (κ1) is 44.9. The highest BCUT2D eigenvalue weighted by molar-refractivity contribution is 5.78. The Morgan fingerprint density at radius 3 is 1.79 bits per heavy atom. The molecule has 0 aliphatic carbocycles. The fourth-order valence-electron chi connectivity index (χ4n) is 7.32. The van der Waals surface area contributed by atoms with Crippen molar-refractivity contribution in [1.29, 1.82) is 0 Å². The molecule has 18 heteroatoms. The van der Waals surface area contributed by atoms with Crippen molar-refractivity contribution in [3.63, 3.8) is 0 Å². The number of nitrogens with zero attached hydrogens (tertiary/aromatic N) is 7. The first-order valence-corrected chi connectivity index (χ1v) is 19.9. The van der Waals surface area contributed by atoms with Crippen LogP contribution in [0.5, 0.6) is 0 Å². The summed E-state index contributed by atoms with van der Waals surface area (Å²) in [7, 11) is 0. The van der Waals surface area contributed by atoms with Crippen LogP contribution in [-0.4, -0.2) is 170 Å². The lowest BCUT2D eigenvalue weighted by Crippen LogP contribution is -2.49. The molecule has 0 spiro atoms. The summed E-state index contributed by atoms with van der Waals surface area (Å²) in [6.45, 7) is 4.81. The van der Waals surface area contributed by atoms with Gasteiger partial charge in [-0.3, -0.25) is 43.6 Å². The van der Waals surface area contributed by atoms with Gasteiger partial charge in [0.2, 0.25) is 5.91 Å². The Morgan fingerprint density at radius 2 is 1.26 bits per heavy atom. The van der Waals surface area contributed by atoms with Crippen molar-refractivity contribution in [2.75, 3.05) is 90.4 Å². The standard InChI is InChI=1S/C39H59N9O9/c1-28-41-22-32(23-42-28)29(20-35(50)51)7-4-2-3-5-9-33-31(19-30-8-6-10-40-39(30)44-33)21-43-34(49)24-45-11-13-46(25-36(52)53)15-17-48(27-38(56)57)18-16-47(14-12-45)26-37(54)55/h19,22-23,29H,2-18,20-21,24-27H2,1H3,(H,40,44)(H,43,49)(H,50,51)(H,52,53)(H,54,55)(H,56,57)/t29-/m0/s1. The summed E-state index contributed by atoms with van der Waals surface area (Å²) in [5.41, 5.74) is 3.82. The van der Waals surface area contributed by atoms with E-state index in [-0.39, 0.29) is 51.0 Å². The maximum atomic E-state index is 13.5. The molecule has 0 radical (unpaired) electrons. The number of rotatable bonds is 20. The van der Waals surface area contributed by atoms with E-state index in [1.165, 1.54) is 0 Å². The van der Waals surface area contributed by atoms with E-state index in [4.69, 9.17) is 4.98 Å². The molecule has 0 unspecified atom stereocenters. The van der Waals surface area contributed by atoms with Crippen LogP contribution in [0.3, 0.4) is 0 Å². The van der Waals surface area contributed by atoms with Crippen molar-refractivity contribution in [2.45, 2.75) is 77.2 Å². The lowest BCUT2D eigenvalue weighted by molar-refractivity contribution is -0.140. The Labute approximate surface area is 333 Å². The molecule has 1 atom stereocenters. The maximum absolute atomic E-state index is 13.5. The number of aliphatic carboxylic acids is 4. The van der Waals surface area contributed by atoms with Crippen LogP contribution in [0.4, 0.5) is 5.82 Å². The number of unbranched alkanes of at least 4 members (excludes halogenated alkanes) is 3. The van der Waals surface area contributed by atoms with Gasteiger partial charge in [-0.2, -0.15) is 0 Å². The molecule has 18 nitrogen and oxygen atoms in total. The lowest BCUT2D eigenvalue weighted by atomic mass is 9.92. The minimum absolute atomic E-state index is 0.0276. The van der Waals surface area contributed by atoms with Crippen molar-refractivity contribution in [3.05, 3.63) is 46.7 Å². The number of amides is 1. The zero-order valence-corrected chi connectivity index (χ0v) is 33.0. The number of hydrogen-bond acceptors (Lipinski definition) is 13. The molecular formula is C39H59N9O9. The maximum Gasteiger partial charge on any atom is 0.317 e. The zero-order valence-electron chi connectivity index (χ0n) is 33.0. The summed E-state index contributed by atoms with van der Waals surface area (Å²) in [5, 5.41) is 44.4. The molecule has 2 aliphatic rings. The summed E-state index contributed by atoms with van der Waals surface area (Å²) in [6, 6.07) is 2.13. The van der Waals surface area contributed by atoms with E-state index in [1.807, 2.05) is 4.90 Å². The number of hydrogen-bond donors (Lipinski definition) is 6. The smallest absolute Gasteiger partial charge is 0.317 e. The Balaban J connectivity index is 1.36. The average Bonchev–Trinajstić information content (AvgIpc) is 3.15. The van der Waals surface area contributed by atoms with E-state index in [2.05, 4.69) is 26.7 Å². The largest absolute Gasteiger partial charge is 0.481 e. The topological polar surface area (TPSA) is 242 Å². The number of carboxylic acid groups (broad SMARTS) is 4. The third-order valence-corrected chi connectivity index (χ3v) is 10.4. The molecule has 1 saturated heterocycles. The van der Waals surface area contributed by atoms with Gasteiger partial charge in [0.05, 0.1) is 32.6 Å². The van der Waals surface area contributed by atoms with Crippen LogP contribution in [0, 0.1) is 6.92 Å². The Kier molecular flexibility index (Phi) is 18.5. The van der Waals surface area contributed by atoms with Crippen molar-refractivity contribution in [1.82, 2.24) is 39.9 Å². The van der Waals surface area contributed by atoms with Crippen LogP contribution in [0.25, 0.3) is 0 Å². The van der Waals surface area contributed by atoms with Crippen molar-refractivity contribution >= 4 is 35.6 Å². The molecule has 2 aliphatic heterocycles. The second-order valence-corrected chi connectivity index (χ2v) is 15.0. The van der Waals surface area contributed by atoms with Gasteiger partial charge < -0.3 is 31.1 Å². The number of fused-ring (bicyclic) bond motifs is 1. The first-order valence-electron chi connectivity index (χ1n) is 19.9. The van der Waals surface area contributed by atoms with E-state index in [9.17, 15) is 44.4 Å². The molecular weight excluding hydrogens is 738 g/mol. The lowest BCUT2D eigenvalue weighted by Gasteiger charge is -2.32. The van der Waals surface area contributed by atoms with Crippen LogP contribution in [0.1, 0.15) is 79.1 Å². The van der Waals surface area contributed by atoms with Crippen LogP contribution in [0.15, 0.2) is 18.5 Å². The van der Waals surface area contributed by atoms with E-state index in [0.717, 1.165) is 86.1 Å². The average molecular weight is 798 g/mol. The van der Waals surface area contributed by atoms with Crippen LogP contribution in [0.2, 0.25) is 0 Å². The molecule has 4 heterocycles. The number of anilines is 1. The number of aryl methyl sites for hydroxylation is 3. The number of carbonyl (C=O) groups is 5. The summed E-state index contributed by atoms with van der Waals surface area (Å²) in [5.74, 6) is -2.71. The highest BCUT2D eigenvalue weighted by Crippen LogP contribution is 2.27. The SMILES string of the molecule is Cc1ncc([C@@H](CCCCCCc2nc3c(cc2CNC(=O)CN2CCN(CC(=O)O)CCN(CC(=O)O)CCN(CC(=O)O)CC2)CCCN3)CC(=O)O)cn1. The molecule has 1 fully saturated rings. The van der Waals surface area contributed by atoms with Crippen LogP contribution >= 0.6 is 0 Å². The zero-order chi connectivity index (χ0) is 41.2. The number of pyridine rings is 1. The number of aromatic nitrogens is 3. The number of nitrogens with one attached hydrogen (secondary N) is 2. The second kappa shape index (κ2) is 23.5. The van der Waals surface area contributed by atoms with Gasteiger partial charge in [0.25, 0.3) is 0 Å². The van der Waals surface area contributed by atoms with Crippen molar-refractivity contribution in [2.24, 2.45) is 0 Å². The minimum atomic E-state index is -1.02. The van der Waals surface area contributed by atoms with Crippen molar-refractivity contribution < 1.29 is 44.4 Å². The second-order valence-electron chi connectivity index (χ2n) is 15.0. The Bertz CT molecular complexity index is 1610. The van der Waals surface area contributed by atoms with E-state index < -0.39 is 23.9 Å². The molecule has 57 heavy (non-hydrogen) atoms. The normalized spacial score (nSPS) is 17.0. The van der Waals surface area contributed by atoms with Gasteiger partial charge in [0, 0.05) is 83.5 Å². The monoisotopic (exact) mass is 797 g/mol. The summed E-state index contributed by atoms with van der Waals surface area (Å²) in [4.78, 5) is 80.3. The van der Waals surface area contributed by atoms with Gasteiger partial charge in [0.1, 0.15) is 11.6 Å². The molecule has 4 rings (SSSR count). The Morgan fingerprint density at radius 1 is 0.737 bits per heavy atom. The highest BCUT2D eigenvalue weighted by atomic mass is 16.4. The first-order chi connectivity index (χ1) is 27.3. The Hall–Kier alpha value is -4.78. The molecule has 314 valence electrons. The highest BCUT2D eigenvalue weighted by Gasteiger charge is 2.22. The summed E-state index contributed by atoms with van der Waals surface area (Å²) in [6.07, 6.45) is 10.4. The number of carbonyl (C=O) groups excluding carboxylic acids is 1. The van der Waals surface area contributed by atoms with Gasteiger partial charge >= 0.3 is 23.9 Å². The van der Waals surface area contributed by atoms with E-state index >= 15 is 0 Å². The fraction of sp³-hybridized carbons (Fsp3) is 0.641. The number of carboxylic acids is 4. The van der Waals surface area contributed by atoms with Gasteiger partial charge in [-0.15, -0.1) is 0 Å². The summed E-state index contributed by atoms with van der Waals surface area (Å²) < 4.78 is 0. The van der Waals surface area contributed by atoms with Crippen LogP contribution < -0.4 is 10.6 Å².